The van der Waals surface area contributed by atoms with Gasteiger partial charge in [-0.1, -0.05) is 29.3 Å². The molecule has 6 heteroatoms. The average Bonchev–Trinajstić information content (AvgIpc) is 2.93. The van der Waals surface area contributed by atoms with Crippen LogP contribution in [0.1, 0.15) is 5.56 Å². The van der Waals surface area contributed by atoms with Crippen LogP contribution in [-0.4, -0.2) is 14.6 Å². The summed E-state index contributed by atoms with van der Waals surface area (Å²) in [7, 11) is 0. The van der Waals surface area contributed by atoms with E-state index in [1.54, 1.807) is 22.0 Å². The first-order chi connectivity index (χ1) is 8.18. The van der Waals surface area contributed by atoms with Crippen LogP contribution in [0.15, 0.2) is 23.7 Å². The largest absolute Gasteiger partial charge is 0.216 e. The van der Waals surface area contributed by atoms with Crippen LogP contribution in [0, 0.1) is 6.92 Å². The third-order valence-corrected chi connectivity index (χ3v) is 4.25. The lowest BCUT2D eigenvalue weighted by molar-refractivity contribution is 0.929. The Balaban J connectivity index is 2.37. The van der Waals surface area contributed by atoms with Gasteiger partial charge < -0.3 is 0 Å². The summed E-state index contributed by atoms with van der Waals surface area (Å²) in [6.45, 7) is 1.82. The third-order valence-electron chi connectivity index (χ3n) is 2.54. The van der Waals surface area contributed by atoms with E-state index in [0.717, 1.165) is 16.0 Å². The van der Waals surface area contributed by atoms with E-state index in [9.17, 15) is 0 Å². The van der Waals surface area contributed by atoms with Gasteiger partial charge in [0.1, 0.15) is 10.3 Å². The smallest absolute Gasteiger partial charge is 0.167 e. The van der Waals surface area contributed by atoms with Crippen molar-refractivity contribution in [3.63, 3.8) is 0 Å². The van der Waals surface area contributed by atoms with Crippen molar-refractivity contribution < 1.29 is 0 Å². The van der Waals surface area contributed by atoms with Crippen molar-refractivity contribution in [3.8, 4) is 10.4 Å². The number of halogens is 2. The molecule has 0 aliphatic heterocycles. The SMILES string of the molecule is Cc1c(Cl)nc2c(-c3cccs3)cnn2c1Cl. The zero-order valence-electron chi connectivity index (χ0n) is 8.82. The maximum atomic E-state index is 6.19. The van der Waals surface area contributed by atoms with E-state index >= 15 is 0 Å². The zero-order chi connectivity index (χ0) is 12.0. The highest BCUT2D eigenvalue weighted by molar-refractivity contribution is 7.13. The molecule has 3 nitrogen and oxygen atoms in total. The molecule has 86 valence electrons. The lowest BCUT2D eigenvalue weighted by atomic mass is 10.3. The van der Waals surface area contributed by atoms with E-state index in [1.165, 1.54) is 0 Å². The Morgan fingerprint density at radius 3 is 2.88 bits per heavy atom. The molecular formula is C11H7Cl2N3S. The van der Waals surface area contributed by atoms with Crippen LogP contribution >= 0.6 is 34.5 Å². The van der Waals surface area contributed by atoms with Gasteiger partial charge in [-0.25, -0.2) is 9.50 Å². The van der Waals surface area contributed by atoms with Gasteiger partial charge in [0.05, 0.1) is 11.8 Å². The van der Waals surface area contributed by atoms with E-state index in [0.29, 0.717) is 16.0 Å². The van der Waals surface area contributed by atoms with Gasteiger partial charge in [-0.3, -0.25) is 0 Å². The van der Waals surface area contributed by atoms with Gasteiger partial charge in [-0.05, 0) is 18.4 Å². The van der Waals surface area contributed by atoms with Crippen molar-refractivity contribution in [1.82, 2.24) is 14.6 Å². The summed E-state index contributed by atoms with van der Waals surface area (Å²) in [4.78, 5) is 5.44. The Morgan fingerprint density at radius 2 is 2.18 bits per heavy atom. The first kappa shape index (κ1) is 11.0. The molecule has 0 aliphatic rings. The molecule has 0 bridgehead atoms. The molecule has 0 saturated carbocycles. The Morgan fingerprint density at radius 1 is 1.35 bits per heavy atom. The monoisotopic (exact) mass is 283 g/mol. The van der Waals surface area contributed by atoms with Crippen molar-refractivity contribution in [1.29, 1.82) is 0 Å². The van der Waals surface area contributed by atoms with Crippen molar-refractivity contribution >= 4 is 40.2 Å². The molecule has 0 fully saturated rings. The minimum Gasteiger partial charge on any atom is -0.216 e. The number of hydrogen-bond acceptors (Lipinski definition) is 3. The van der Waals surface area contributed by atoms with Gasteiger partial charge in [0.15, 0.2) is 5.65 Å². The molecule has 0 amide bonds. The number of hydrogen-bond donors (Lipinski definition) is 0. The van der Waals surface area contributed by atoms with Crippen LogP contribution in [0.2, 0.25) is 10.3 Å². The number of rotatable bonds is 1. The second-order valence-electron chi connectivity index (χ2n) is 3.59. The molecule has 0 unspecified atom stereocenters. The standard InChI is InChI=1S/C11H7Cl2N3S/c1-6-9(12)15-11-7(8-3-2-4-17-8)5-14-16(11)10(6)13/h2-5H,1H3. The number of aromatic nitrogens is 3. The van der Waals surface area contributed by atoms with E-state index in [1.807, 2.05) is 24.4 Å². The normalized spacial score (nSPS) is 11.2. The quantitative estimate of drug-likeness (QED) is 0.630. The Kier molecular flexibility index (Phi) is 2.58. The molecule has 0 spiro atoms. The molecule has 3 heterocycles. The Hall–Kier alpha value is -1.10. The summed E-state index contributed by atoms with van der Waals surface area (Å²) in [5.74, 6) is 0. The molecule has 0 aromatic carbocycles. The van der Waals surface area contributed by atoms with Crippen molar-refractivity contribution in [2.75, 3.05) is 0 Å². The predicted molar refractivity (Wildman–Crippen MR) is 71.1 cm³/mol. The highest BCUT2D eigenvalue weighted by atomic mass is 35.5. The summed E-state index contributed by atoms with van der Waals surface area (Å²) in [6, 6.07) is 4.01. The van der Waals surface area contributed by atoms with E-state index in [2.05, 4.69) is 10.1 Å². The number of thiophene rings is 1. The lowest BCUT2D eigenvalue weighted by Crippen LogP contribution is -1.96. The maximum absolute atomic E-state index is 6.19. The Labute approximate surface area is 112 Å². The summed E-state index contributed by atoms with van der Waals surface area (Å²) in [6.07, 6.45) is 1.76. The highest BCUT2D eigenvalue weighted by Gasteiger charge is 2.14. The van der Waals surface area contributed by atoms with E-state index in [-0.39, 0.29) is 0 Å². The van der Waals surface area contributed by atoms with Crippen LogP contribution in [0.3, 0.4) is 0 Å². The molecule has 3 rings (SSSR count). The molecule has 0 saturated heterocycles. The van der Waals surface area contributed by atoms with E-state index < -0.39 is 0 Å². The minimum absolute atomic E-state index is 0.417. The van der Waals surface area contributed by atoms with Gasteiger partial charge in [0.25, 0.3) is 0 Å². The zero-order valence-corrected chi connectivity index (χ0v) is 11.1. The maximum Gasteiger partial charge on any atom is 0.167 e. The van der Waals surface area contributed by atoms with Crippen molar-refractivity contribution in [2.24, 2.45) is 0 Å². The fourth-order valence-electron chi connectivity index (χ4n) is 1.62. The minimum atomic E-state index is 0.417. The first-order valence-electron chi connectivity index (χ1n) is 4.91. The topological polar surface area (TPSA) is 30.2 Å². The molecule has 0 aliphatic carbocycles. The van der Waals surface area contributed by atoms with Crippen LogP contribution in [0.25, 0.3) is 16.1 Å². The average molecular weight is 284 g/mol. The van der Waals surface area contributed by atoms with E-state index in [4.69, 9.17) is 23.2 Å². The lowest BCUT2D eigenvalue weighted by Gasteiger charge is -2.03. The molecule has 3 aromatic rings. The second kappa shape index (κ2) is 3.98. The van der Waals surface area contributed by atoms with Gasteiger partial charge >= 0.3 is 0 Å². The van der Waals surface area contributed by atoms with Crippen LogP contribution in [0.4, 0.5) is 0 Å². The molecule has 3 aromatic heterocycles. The summed E-state index contributed by atoms with van der Waals surface area (Å²) in [5.41, 5.74) is 2.37. The Bertz CT molecular complexity index is 688. The molecule has 0 radical (unpaired) electrons. The summed E-state index contributed by atoms with van der Waals surface area (Å²) in [5, 5.41) is 7.18. The fourth-order valence-corrected chi connectivity index (χ4v) is 2.78. The van der Waals surface area contributed by atoms with Gasteiger partial charge in [-0.2, -0.15) is 5.10 Å². The fraction of sp³-hybridized carbons (Fsp3) is 0.0909. The van der Waals surface area contributed by atoms with Crippen molar-refractivity contribution in [2.45, 2.75) is 6.92 Å². The van der Waals surface area contributed by atoms with Crippen molar-refractivity contribution in [3.05, 3.63) is 39.6 Å². The van der Waals surface area contributed by atoms with Gasteiger partial charge in [0, 0.05) is 10.4 Å². The van der Waals surface area contributed by atoms with Gasteiger partial charge in [-0.15, -0.1) is 11.3 Å². The number of nitrogens with zero attached hydrogens (tertiary/aromatic N) is 3. The molecular weight excluding hydrogens is 277 g/mol. The highest BCUT2D eigenvalue weighted by Crippen LogP contribution is 2.31. The molecule has 17 heavy (non-hydrogen) atoms. The van der Waals surface area contributed by atoms with Crippen LogP contribution < -0.4 is 0 Å². The third kappa shape index (κ3) is 1.64. The summed E-state index contributed by atoms with van der Waals surface area (Å²) < 4.78 is 1.61. The molecule has 0 N–H and O–H groups in total. The first-order valence-corrected chi connectivity index (χ1v) is 6.55. The van der Waals surface area contributed by atoms with Crippen LogP contribution in [0.5, 0.6) is 0 Å². The second-order valence-corrected chi connectivity index (χ2v) is 5.25. The van der Waals surface area contributed by atoms with Gasteiger partial charge in [0.2, 0.25) is 0 Å². The van der Waals surface area contributed by atoms with Crippen LogP contribution in [-0.2, 0) is 0 Å². The molecule has 0 atom stereocenters. The predicted octanol–water partition coefficient (Wildman–Crippen LogP) is 4.07. The summed E-state index contributed by atoms with van der Waals surface area (Å²) >= 11 is 13.9. The number of fused-ring (bicyclic) bond motifs is 1.